The Bertz CT molecular complexity index is 1290. The molecular formula is C22H22N4O3S2. The fourth-order valence-corrected chi connectivity index (χ4v) is 5.07. The lowest BCUT2D eigenvalue weighted by molar-refractivity contribution is -0.142. The molecule has 0 aliphatic rings. The van der Waals surface area contributed by atoms with E-state index in [1.807, 2.05) is 60.0 Å². The number of aryl methyl sites for hydroxylation is 1. The summed E-state index contributed by atoms with van der Waals surface area (Å²) in [6.45, 7) is 6.18. The Morgan fingerprint density at radius 1 is 1.16 bits per heavy atom. The van der Waals surface area contributed by atoms with Crippen LogP contribution < -0.4 is 4.87 Å². The van der Waals surface area contributed by atoms with Gasteiger partial charge in [-0.3, -0.25) is 18.7 Å². The molecule has 0 N–H and O–H groups in total. The second-order valence-electron chi connectivity index (χ2n) is 6.95. The van der Waals surface area contributed by atoms with Crippen molar-refractivity contribution in [1.82, 2.24) is 19.3 Å². The van der Waals surface area contributed by atoms with Gasteiger partial charge in [0.05, 0.1) is 29.1 Å². The zero-order valence-electron chi connectivity index (χ0n) is 17.4. The van der Waals surface area contributed by atoms with Crippen molar-refractivity contribution in [3.05, 3.63) is 69.6 Å². The fraction of sp³-hybridized carbons (Fsp3) is 0.273. The number of thioether (sulfide) groups is 1. The van der Waals surface area contributed by atoms with Crippen LogP contribution >= 0.6 is 23.1 Å². The molecule has 0 aliphatic heterocycles. The van der Waals surface area contributed by atoms with Crippen molar-refractivity contribution in [1.29, 1.82) is 0 Å². The molecule has 0 saturated carbocycles. The Morgan fingerprint density at radius 3 is 2.68 bits per heavy atom. The van der Waals surface area contributed by atoms with E-state index in [0.29, 0.717) is 17.6 Å². The van der Waals surface area contributed by atoms with Crippen molar-refractivity contribution in [2.75, 3.05) is 6.61 Å². The molecule has 0 bridgehead atoms. The highest BCUT2D eigenvalue weighted by molar-refractivity contribution is 8.00. The average molecular weight is 455 g/mol. The maximum absolute atomic E-state index is 12.7. The first kappa shape index (κ1) is 21.3. The van der Waals surface area contributed by atoms with Crippen LogP contribution in [-0.2, 0) is 16.1 Å². The van der Waals surface area contributed by atoms with Crippen LogP contribution in [0.1, 0.15) is 25.2 Å². The molecule has 0 spiro atoms. The van der Waals surface area contributed by atoms with E-state index in [1.165, 1.54) is 23.1 Å². The molecule has 4 aromatic rings. The van der Waals surface area contributed by atoms with Gasteiger partial charge < -0.3 is 4.74 Å². The molecule has 160 valence electrons. The molecule has 0 unspecified atom stereocenters. The van der Waals surface area contributed by atoms with E-state index >= 15 is 0 Å². The summed E-state index contributed by atoms with van der Waals surface area (Å²) < 4.78 is 9.71. The van der Waals surface area contributed by atoms with Gasteiger partial charge in [-0.05, 0) is 44.5 Å². The van der Waals surface area contributed by atoms with Gasteiger partial charge in [0.2, 0.25) is 0 Å². The zero-order valence-corrected chi connectivity index (χ0v) is 19.1. The zero-order chi connectivity index (χ0) is 22.0. The first-order chi connectivity index (χ1) is 15.0. The lowest BCUT2D eigenvalue weighted by atomic mass is 10.2. The predicted octanol–water partition coefficient (Wildman–Crippen LogP) is 4.04. The topological polar surface area (TPSA) is 79.0 Å². The predicted molar refractivity (Wildman–Crippen MR) is 123 cm³/mol. The summed E-state index contributed by atoms with van der Waals surface area (Å²) in [4.78, 5) is 24.8. The van der Waals surface area contributed by atoms with Gasteiger partial charge in [-0.1, -0.05) is 53.4 Å². The van der Waals surface area contributed by atoms with Gasteiger partial charge in [0.15, 0.2) is 11.0 Å². The summed E-state index contributed by atoms with van der Waals surface area (Å²) in [7, 11) is 0. The third kappa shape index (κ3) is 4.28. The highest BCUT2D eigenvalue weighted by Crippen LogP contribution is 2.28. The number of rotatable bonds is 7. The Balaban J connectivity index is 1.79. The Morgan fingerprint density at radius 2 is 1.90 bits per heavy atom. The quantitative estimate of drug-likeness (QED) is 0.310. The smallest absolute Gasteiger partial charge is 0.319 e. The van der Waals surface area contributed by atoms with Crippen molar-refractivity contribution >= 4 is 39.3 Å². The molecule has 0 amide bonds. The lowest BCUT2D eigenvalue weighted by Gasteiger charge is -2.15. The molecule has 0 fully saturated rings. The number of nitrogens with zero attached hydrogens (tertiary/aromatic N) is 4. The Labute approximate surface area is 187 Å². The SMILES string of the molecule is CCOC(=O)[C@@H](C)Sc1nnc(Cn2c(=O)sc3ccccc32)n1-c1ccccc1C. The number of ether oxygens (including phenoxy) is 1. The number of aromatic nitrogens is 4. The maximum atomic E-state index is 12.7. The molecule has 4 rings (SSSR count). The van der Waals surface area contributed by atoms with E-state index in [-0.39, 0.29) is 17.4 Å². The number of benzene rings is 2. The molecule has 7 nitrogen and oxygen atoms in total. The van der Waals surface area contributed by atoms with Crippen LogP contribution in [0.5, 0.6) is 0 Å². The van der Waals surface area contributed by atoms with E-state index < -0.39 is 5.25 Å². The Kier molecular flexibility index (Phi) is 6.24. The van der Waals surface area contributed by atoms with Crippen LogP contribution in [0.15, 0.2) is 58.5 Å². The highest BCUT2D eigenvalue weighted by atomic mass is 32.2. The van der Waals surface area contributed by atoms with Crippen molar-refractivity contribution < 1.29 is 9.53 Å². The van der Waals surface area contributed by atoms with Crippen LogP contribution in [0.25, 0.3) is 15.9 Å². The molecule has 2 heterocycles. The highest BCUT2D eigenvalue weighted by Gasteiger charge is 2.23. The van der Waals surface area contributed by atoms with E-state index in [2.05, 4.69) is 10.2 Å². The van der Waals surface area contributed by atoms with Crippen LogP contribution in [-0.4, -0.2) is 37.2 Å². The molecular weight excluding hydrogens is 432 g/mol. The van der Waals surface area contributed by atoms with Gasteiger partial charge in [-0.25, -0.2) is 0 Å². The van der Waals surface area contributed by atoms with E-state index in [1.54, 1.807) is 18.4 Å². The van der Waals surface area contributed by atoms with Gasteiger partial charge in [-0.15, -0.1) is 10.2 Å². The molecule has 31 heavy (non-hydrogen) atoms. The van der Waals surface area contributed by atoms with Gasteiger partial charge in [-0.2, -0.15) is 0 Å². The number of hydrogen-bond acceptors (Lipinski definition) is 7. The molecule has 0 saturated heterocycles. The second-order valence-corrected chi connectivity index (χ2v) is 9.26. The Hall–Kier alpha value is -2.91. The number of para-hydroxylation sites is 2. The van der Waals surface area contributed by atoms with Crippen molar-refractivity contribution in [3.8, 4) is 5.69 Å². The van der Waals surface area contributed by atoms with Gasteiger partial charge in [0, 0.05) is 0 Å². The minimum absolute atomic E-state index is 0.0466. The maximum Gasteiger partial charge on any atom is 0.319 e. The second kappa shape index (κ2) is 9.07. The standard InChI is InChI=1S/C22H22N4O3S2/c1-4-29-20(27)15(3)30-21-24-23-19(26(21)16-10-6-5-9-14(16)2)13-25-17-11-7-8-12-18(17)31-22(25)28/h5-12,15H,4,13H2,1-3H3/t15-/m1/s1. The summed E-state index contributed by atoms with van der Waals surface area (Å²) in [5.41, 5.74) is 2.82. The minimum Gasteiger partial charge on any atom is -0.465 e. The van der Waals surface area contributed by atoms with Crippen molar-refractivity contribution in [2.24, 2.45) is 0 Å². The summed E-state index contributed by atoms with van der Waals surface area (Å²) in [5, 5.41) is 8.90. The fourth-order valence-electron chi connectivity index (χ4n) is 3.31. The van der Waals surface area contributed by atoms with Crippen LogP contribution in [0.3, 0.4) is 0 Å². The summed E-state index contributed by atoms with van der Waals surface area (Å²) >= 11 is 2.51. The van der Waals surface area contributed by atoms with Crippen LogP contribution in [0.4, 0.5) is 0 Å². The molecule has 2 aromatic heterocycles. The average Bonchev–Trinajstić information content (AvgIpc) is 3.29. The van der Waals surface area contributed by atoms with Gasteiger partial charge in [0.1, 0.15) is 5.25 Å². The summed E-state index contributed by atoms with van der Waals surface area (Å²) in [6.07, 6.45) is 0. The van der Waals surface area contributed by atoms with E-state index in [9.17, 15) is 9.59 Å². The first-order valence-corrected chi connectivity index (χ1v) is 11.6. The minimum atomic E-state index is -0.440. The van der Waals surface area contributed by atoms with Crippen LogP contribution in [0.2, 0.25) is 0 Å². The molecule has 0 radical (unpaired) electrons. The van der Waals surface area contributed by atoms with Crippen LogP contribution in [0, 0.1) is 6.92 Å². The largest absolute Gasteiger partial charge is 0.465 e. The number of thiazole rings is 1. The first-order valence-electron chi connectivity index (χ1n) is 9.91. The third-order valence-electron chi connectivity index (χ3n) is 4.83. The number of carbonyl (C=O) groups is 1. The van der Waals surface area contributed by atoms with Gasteiger partial charge in [0.25, 0.3) is 0 Å². The third-order valence-corrected chi connectivity index (χ3v) is 6.81. The molecule has 2 aromatic carbocycles. The van der Waals surface area contributed by atoms with Gasteiger partial charge >= 0.3 is 10.8 Å². The molecule has 1 atom stereocenters. The number of hydrogen-bond donors (Lipinski definition) is 0. The number of carbonyl (C=O) groups excluding carboxylic acids is 1. The lowest BCUT2D eigenvalue weighted by Crippen LogP contribution is -2.19. The normalized spacial score (nSPS) is 12.2. The molecule has 0 aliphatic carbocycles. The van der Waals surface area contributed by atoms with Crippen molar-refractivity contribution in [2.45, 2.75) is 37.7 Å². The number of fused-ring (bicyclic) bond motifs is 1. The van der Waals surface area contributed by atoms with Crippen molar-refractivity contribution in [3.63, 3.8) is 0 Å². The monoisotopic (exact) mass is 454 g/mol. The van der Waals surface area contributed by atoms with E-state index in [4.69, 9.17) is 4.74 Å². The number of esters is 1. The van der Waals surface area contributed by atoms with E-state index in [0.717, 1.165) is 21.5 Å². The summed E-state index contributed by atoms with van der Waals surface area (Å²) in [6, 6.07) is 15.6. The summed E-state index contributed by atoms with van der Waals surface area (Å²) in [5.74, 6) is 0.326. The molecule has 9 heteroatoms.